The van der Waals surface area contributed by atoms with Crippen molar-refractivity contribution in [2.24, 2.45) is 0 Å². The standard InChI is InChI=1S/C16H18N2O4/c1-16-10-7-5-6-8-12(10)18(15(20)22-4)14(16)17(2)9-11(16)13(19)21-3/h5-9,14H,1-4H3/t14-,16-/m1/s1. The summed E-state index contributed by atoms with van der Waals surface area (Å²) in [6, 6.07) is 7.55. The molecule has 0 fully saturated rings. The van der Waals surface area contributed by atoms with Crippen LogP contribution in [-0.2, 0) is 19.7 Å². The molecular weight excluding hydrogens is 284 g/mol. The average molecular weight is 302 g/mol. The van der Waals surface area contributed by atoms with E-state index < -0.39 is 17.5 Å². The fraction of sp³-hybridized carbons (Fsp3) is 0.375. The van der Waals surface area contributed by atoms with Crippen LogP contribution in [0.15, 0.2) is 36.0 Å². The molecule has 6 heteroatoms. The number of fused-ring (bicyclic) bond motifs is 3. The van der Waals surface area contributed by atoms with Gasteiger partial charge < -0.3 is 14.4 Å². The van der Waals surface area contributed by atoms with Crippen molar-refractivity contribution in [3.8, 4) is 0 Å². The van der Waals surface area contributed by atoms with Gasteiger partial charge in [0.2, 0.25) is 0 Å². The Morgan fingerprint density at radius 2 is 1.86 bits per heavy atom. The molecule has 116 valence electrons. The van der Waals surface area contributed by atoms with E-state index in [1.165, 1.54) is 14.2 Å². The summed E-state index contributed by atoms with van der Waals surface area (Å²) in [5.74, 6) is -0.390. The Morgan fingerprint density at radius 3 is 2.50 bits per heavy atom. The molecule has 6 nitrogen and oxygen atoms in total. The minimum Gasteiger partial charge on any atom is -0.466 e. The number of carbonyl (C=O) groups is 2. The lowest BCUT2D eigenvalue weighted by Crippen LogP contribution is -2.51. The second-order valence-corrected chi connectivity index (χ2v) is 5.63. The molecule has 0 spiro atoms. The number of rotatable bonds is 1. The molecule has 1 aromatic rings. The van der Waals surface area contributed by atoms with Crippen LogP contribution in [0.4, 0.5) is 10.5 Å². The molecule has 3 rings (SSSR count). The maximum atomic E-state index is 12.3. The number of hydrogen-bond acceptors (Lipinski definition) is 5. The van der Waals surface area contributed by atoms with Gasteiger partial charge in [-0.1, -0.05) is 18.2 Å². The van der Waals surface area contributed by atoms with Crippen LogP contribution in [0.5, 0.6) is 0 Å². The summed E-state index contributed by atoms with van der Waals surface area (Å²) >= 11 is 0. The molecule has 0 aromatic heterocycles. The number of anilines is 1. The van der Waals surface area contributed by atoms with Crippen LogP contribution in [0.2, 0.25) is 0 Å². The summed E-state index contributed by atoms with van der Waals surface area (Å²) in [4.78, 5) is 27.9. The highest BCUT2D eigenvalue weighted by molar-refractivity contribution is 5.99. The van der Waals surface area contributed by atoms with E-state index in [1.807, 2.05) is 43.1 Å². The number of hydrogen-bond donors (Lipinski definition) is 0. The number of methoxy groups -OCH3 is 2. The zero-order chi connectivity index (χ0) is 16.1. The number of carbonyl (C=O) groups excluding carboxylic acids is 2. The minimum atomic E-state index is -0.660. The zero-order valence-electron chi connectivity index (χ0n) is 13.0. The lowest BCUT2D eigenvalue weighted by Gasteiger charge is -2.34. The fourth-order valence-electron chi connectivity index (χ4n) is 3.61. The van der Waals surface area contributed by atoms with Crippen molar-refractivity contribution < 1.29 is 19.1 Å². The van der Waals surface area contributed by atoms with Crippen molar-refractivity contribution in [2.45, 2.75) is 18.5 Å². The van der Waals surface area contributed by atoms with Crippen LogP contribution in [0.25, 0.3) is 0 Å². The van der Waals surface area contributed by atoms with Gasteiger partial charge in [-0.05, 0) is 18.6 Å². The van der Waals surface area contributed by atoms with Gasteiger partial charge in [-0.2, -0.15) is 0 Å². The smallest absolute Gasteiger partial charge is 0.415 e. The third kappa shape index (κ3) is 1.60. The van der Waals surface area contributed by atoms with Crippen LogP contribution in [0.1, 0.15) is 12.5 Å². The summed E-state index contributed by atoms with van der Waals surface area (Å²) in [7, 11) is 4.55. The quantitative estimate of drug-likeness (QED) is 0.741. The Balaban J connectivity index is 2.22. The van der Waals surface area contributed by atoms with E-state index in [4.69, 9.17) is 9.47 Å². The average Bonchev–Trinajstić information content (AvgIpc) is 2.95. The Bertz CT molecular complexity index is 684. The van der Waals surface area contributed by atoms with Crippen molar-refractivity contribution >= 4 is 17.7 Å². The van der Waals surface area contributed by atoms with Crippen LogP contribution >= 0.6 is 0 Å². The molecule has 2 heterocycles. The largest absolute Gasteiger partial charge is 0.466 e. The summed E-state index contributed by atoms with van der Waals surface area (Å²) < 4.78 is 9.86. The molecule has 1 aromatic carbocycles. The monoisotopic (exact) mass is 302 g/mol. The van der Waals surface area contributed by atoms with E-state index >= 15 is 0 Å². The van der Waals surface area contributed by atoms with E-state index in [-0.39, 0.29) is 6.17 Å². The molecule has 2 aliphatic heterocycles. The molecule has 0 radical (unpaired) electrons. The topological polar surface area (TPSA) is 59.1 Å². The molecule has 0 N–H and O–H groups in total. The highest BCUT2D eigenvalue weighted by atomic mass is 16.5. The highest BCUT2D eigenvalue weighted by Crippen LogP contribution is 2.53. The van der Waals surface area contributed by atoms with Gasteiger partial charge in [-0.3, -0.25) is 4.90 Å². The van der Waals surface area contributed by atoms with Crippen molar-refractivity contribution in [2.75, 3.05) is 26.2 Å². The summed E-state index contributed by atoms with van der Waals surface area (Å²) in [6.07, 6.45) is 0.932. The van der Waals surface area contributed by atoms with E-state index in [0.29, 0.717) is 5.57 Å². The van der Waals surface area contributed by atoms with Gasteiger partial charge in [0.15, 0.2) is 0 Å². The lowest BCUT2D eigenvalue weighted by atomic mass is 9.77. The number of ether oxygens (including phenoxy) is 2. The Labute approximate surface area is 128 Å². The second-order valence-electron chi connectivity index (χ2n) is 5.63. The molecule has 1 amide bonds. The van der Waals surface area contributed by atoms with Gasteiger partial charge in [0.05, 0.1) is 30.9 Å². The zero-order valence-corrected chi connectivity index (χ0v) is 13.0. The van der Waals surface area contributed by atoms with Gasteiger partial charge in [0, 0.05) is 13.2 Å². The van der Waals surface area contributed by atoms with Crippen LogP contribution < -0.4 is 4.90 Å². The van der Waals surface area contributed by atoms with Gasteiger partial charge in [0.25, 0.3) is 0 Å². The van der Waals surface area contributed by atoms with Gasteiger partial charge in [0.1, 0.15) is 6.17 Å². The Kier molecular flexibility index (Phi) is 3.12. The van der Waals surface area contributed by atoms with Crippen molar-refractivity contribution in [3.05, 3.63) is 41.6 Å². The highest BCUT2D eigenvalue weighted by Gasteiger charge is 2.59. The maximum Gasteiger partial charge on any atom is 0.415 e. The summed E-state index contributed by atoms with van der Waals surface area (Å²) in [5.41, 5.74) is 1.53. The molecule has 0 unspecified atom stereocenters. The second kappa shape index (κ2) is 4.76. The fourth-order valence-corrected chi connectivity index (χ4v) is 3.61. The number of esters is 1. The van der Waals surface area contributed by atoms with Gasteiger partial charge >= 0.3 is 12.1 Å². The van der Waals surface area contributed by atoms with Gasteiger partial charge in [-0.25, -0.2) is 9.59 Å². The van der Waals surface area contributed by atoms with E-state index in [9.17, 15) is 9.59 Å². The minimum absolute atomic E-state index is 0.355. The SMILES string of the molecule is COC(=O)C1=CN(C)[C@@H]2N(C(=O)OC)c3ccccc3[C@]12C. The van der Waals surface area contributed by atoms with Crippen molar-refractivity contribution in [1.82, 2.24) is 4.90 Å². The number of para-hydroxylation sites is 1. The number of likely N-dealkylation sites (N-methyl/N-ethyl adjacent to an activating group) is 1. The normalized spacial score (nSPS) is 25.5. The molecule has 2 aliphatic rings. The predicted molar refractivity (Wildman–Crippen MR) is 80.3 cm³/mol. The summed E-state index contributed by atoms with van der Waals surface area (Å²) in [6.45, 7) is 1.95. The van der Waals surface area contributed by atoms with Crippen LogP contribution in [-0.4, -0.2) is 44.4 Å². The van der Waals surface area contributed by atoms with Crippen LogP contribution in [0, 0.1) is 0 Å². The van der Waals surface area contributed by atoms with Crippen LogP contribution in [0.3, 0.4) is 0 Å². The molecular formula is C16H18N2O4. The van der Waals surface area contributed by atoms with E-state index in [0.717, 1.165) is 11.3 Å². The maximum absolute atomic E-state index is 12.3. The first-order chi connectivity index (χ1) is 10.5. The molecule has 0 saturated carbocycles. The Morgan fingerprint density at radius 1 is 1.18 bits per heavy atom. The first kappa shape index (κ1) is 14.4. The van der Waals surface area contributed by atoms with Gasteiger partial charge in [-0.15, -0.1) is 0 Å². The van der Waals surface area contributed by atoms with Crippen molar-refractivity contribution in [3.63, 3.8) is 0 Å². The predicted octanol–water partition coefficient (Wildman–Crippen LogP) is 1.86. The molecule has 0 aliphatic carbocycles. The number of nitrogens with zero attached hydrogens (tertiary/aromatic N) is 2. The number of benzene rings is 1. The first-order valence-corrected chi connectivity index (χ1v) is 6.96. The third-order valence-electron chi connectivity index (χ3n) is 4.54. The summed E-state index contributed by atoms with van der Waals surface area (Å²) in [5, 5.41) is 0. The molecule has 22 heavy (non-hydrogen) atoms. The van der Waals surface area contributed by atoms with E-state index in [1.54, 1.807) is 11.1 Å². The molecule has 2 atom stereocenters. The number of amides is 1. The molecule has 0 bridgehead atoms. The lowest BCUT2D eigenvalue weighted by molar-refractivity contribution is -0.136. The van der Waals surface area contributed by atoms with E-state index in [2.05, 4.69) is 0 Å². The Hall–Kier alpha value is -2.50. The molecule has 0 saturated heterocycles. The first-order valence-electron chi connectivity index (χ1n) is 6.96. The third-order valence-corrected chi connectivity index (χ3v) is 4.54. The van der Waals surface area contributed by atoms with Crippen molar-refractivity contribution in [1.29, 1.82) is 0 Å².